The third kappa shape index (κ3) is 5.73. The number of hydrogen-bond donors (Lipinski definition) is 2. The Morgan fingerprint density at radius 1 is 1.24 bits per heavy atom. The van der Waals surface area contributed by atoms with Gasteiger partial charge in [0.05, 0.1) is 18.0 Å². The van der Waals surface area contributed by atoms with Gasteiger partial charge in [0, 0.05) is 6.04 Å². The number of ether oxygens (including phenoxy) is 1. The van der Waals surface area contributed by atoms with Gasteiger partial charge >= 0.3 is 0 Å². The van der Waals surface area contributed by atoms with Crippen LogP contribution in [-0.4, -0.2) is 33.5 Å². The smallest absolute Gasteiger partial charge is 0.241 e. The van der Waals surface area contributed by atoms with E-state index in [4.69, 9.17) is 4.74 Å². The van der Waals surface area contributed by atoms with Crippen LogP contribution in [0.2, 0.25) is 0 Å². The van der Waals surface area contributed by atoms with Crippen LogP contribution in [0.5, 0.6) is 5.75 Å². The summed E-state index contributed by atoms with van der Waals surface area (Å²) in [6, 6.07) is 6.07. The van der Waals surface area contributed by atoms with Crippen LogP contribution in [0.4, 0.5) is 0 Å². The van der Waals surface area contributed by atoms with Crippen LogP contribution in [0.25, 0.3) is 0 Å². The molecule has 1 rings (SSSR count). The van der Waals surface area contributed by atoms with Gasteiger partial charge in [-0.05, 0) is 44.5 Å². The van der Waals surface area contributed by atoms with Crippen molar-refractivity contribution >= 4 is 15.9 Å². The van der Waals surface area contributed by atoms with Gasteiger partial charge in [-0.1, -0.05) is 6.92 Å². The quantitative estimate of drug-likeness (QED) is 0.757. The molecule has 1 atom stereocenters. The minimum absolute atomic E-state index is 0.0208. The normalized spacial score (nSPS) is 12.7. The van der Waals surface area contributed by atoms with Crippen LogP contribution in [-0.2, 0) is 14.8 Å². The first-order valence-electron chi connectivity index (χ1n) is 6.91. The van der Waals surface area contributed by atoms with Gasteiger partial charge < -0.3 is 10.1 Å². The molecule has 0 heterocycles. The molecule has 1 aromatic rings. The summed E-state index contributed by atoms with van der Waals surface area (Å²) in [6.45, 7) is 5.88. The van der Waals surface area contributed by atoms with Gasteiger partial charge in [-0.15, -0.1) is 0 Å². The van der Waals surface area contributed by atoms with E-state index < -0.39 is 10.0 Å². The summed E-state index contributed by atoms with van der Waals surface area (Å²) >= 11 is 0. The molecule has 0 bridgehead atoms. The van der Waals surface area contributed by atoms with Crippen molar-refractivity contribution in [2.75, 3.05) is 13.2 Å². The van der Waals surface area contributed by atoms with E-state index in [0.29, 0.717) is 12.4 Å². The summed E-state index contributed by atoms with van der Waals surface area (Å²) in [6.07, 6.45) is 0.789. The molecule has 2 N–H and O–H groups in total. The highest BCUT2D eigenvalue weighted by atomic mass is 32.2. The molecule has 6 nitrogen and oxygen atoms in total. The number of benzene rings is 1. The minimum atomic E-state index is -3.70. The van der Waals surface area contributed by atoms with E-state index >= 15 is 0 Å². The standard InChI is InChI=1S/C14H22N2O4S/c1-4-11(3)16-14(17)10-15-21(18,19)13-8-6-12(7-9-13)20-5-2/h6-9,11,15H,4-5,10H2,1-3H3,(H,16,17). The Morgan fingerprint density at radius 3 is 2.38 bits per heavy atom. The molecule has 7 heteroatoms. The van der Waals surface area contributed by atoms with Gasteiger partial charge in [0.15, 0.2) is 0 Å². The second-order valence-electron chi connectivity index (χ2n) is 4.61. The minimum Gasteiger partial charge on any atom is -0.494 e. The van der Waals surface area contributed by atoms with Gasteiger partial charge in [0.1, 0.15) is 5.75 Å². The summed E-state index contributed by atoms with van der Waals surface area (Å²) in [7, 11) is -3.70. The summed E-state index contributed by atoms with van der Waals surface area (Å²) in [5.74, 6) is 0.254. The number of carbonyl (C=O) groups excluding carboxylic acids is 1. The van der Waals surface area contributed by atoms with Crippen LogP contribution in [0.3, 0.4) is 0 Å². The van der Waals surface area contributed by atoms with E-state index in [9.17, 15) is 13.2 Å². The lowest BCUT2D eigenvalue weighted by atomic mass is 10.2. The van der Waals surface area contributed by atoms with E-state index in [1.807, 2.05) is 20.8 Å². The third-order valence-corrected chi connectivity index (χ3v) is 4.30. The third-order valence-electron chi connectivity index (χ3n) is 2.89. The van der Waals surface area contributed by atoms with E-state index in [-0.39, 0.29) is 23.4 Å². The van der Waals surface area contributed by atoms with Crippen LogP contribution < -0.4 is 14.8 Å². The molecule has 1 aromatic carbocycles. The topological polar surface area (TPSA) is 84.5 Å². The average Bonchev–Trinajstić information content (AvgIpc) is 2.46. The monoisotopic (exact) mass is 314 g/mol. The maximum absolute atomic E-state index is 12.0. The molecule has 1 unspecified atom stereocenters. The zero-order valence-electron chi connectivity index (χ0n) is 12.5. The first-order chi connectivity index (χ1) is 9.89. The highest BCUT2D eigenvalue weighted by Crippen LogP contribution is 2.15. The maximum Gasteiger partial charge on any atom is 0.241 e. The van der Waals surface area contributed by atoms with Crippen molar-refractivity contribution in [1.29, 1.82) is 0 Å². The number of sulfonamides is 1. The first-order valence-corrected chi connectivity index (χ1v) is 8.39. The van der Waals surface area contributed by atoms with Crippen LogP contribution >= 0.6 is 0 Å². The molecule has 21 heavy (non-hydrogen) atoms. The van der Waals surface area contributed by atoms with Crippen molar-refractivity contribution in [3.63, 3.8) is 0 Å². The highest BCUT2D eigenvalue weighted by Gasteiger charge is 2.16. The number of carbonyl (C=O) groups is 1. The highest BCUT2D eigenvalue weighted by molar-refractivity contribution is 7.89. The number of nitrogens with one attached hydrogen (secondary N) is 2. The molecule has 0 aliphatic carbocycles. The van der Waals surface area contributed by atoms with Crippen LogP contribution in [0, 0.1) is 0 Å². The molecule has 0 fully saturated rings. The fourth-order valence-corrected chi connectivity index (χ4v) is 2.54. The number of rotatable bonds is 8. The van der Waals surface area contributed by atoms with E-state index in [1.165, 1.54) is 12.1 Å². The fraction of sp³-hybridized carbons (Fsp3) is 0.500. The molecule has 1 amide bonds. The molecule has 0 aromatic heterocycles. The van der Waals surface area contributed by atoms with E-state index in [0.717, 1.165) is 6.42 Å². The Kier molecular flexibility index (Phi) is 6.64. The zero-order valence-corrected chi connectivity index (χ0v) is 13.4. The Labute approximate surface area is 125 Å². The Bertz CT molecular complexity index is 555. The largest absolute Gasteiger partial charge is 0.494 e. The van der Waals surface area contributed by atoms with Gasteiger partial charge in [0.25, 0.3) is 0 Å². The average molecular weight is 314 g/mol. The van der Waals surface area contributed by atoms with Crippen molar-refractivity contribution in [1.82, 2.24) is 10.0 Å². The molecule has 118 valence electrons. The second kappa shape index (κ2) is 7.99. The van der Waals surface area contributed by atoms with E-state index in [2.05, 4.69) is 10.0 Å². The molecule has 0 aliphatic heterocycles. The lowest BCUT2D eigenvalue weighted by Crippen LogP contribution is -2.40. The number of hydrogen-bond acceptors (Lipinski definition) is 4. The molecule has 0 aliphatic rings. The van der Waals surface area contributed by atoms with Crippen molar-refractivity contribution in [3.8, 4) is 5.75 Å². The Morgan fingerprint density at radius 2 is 1.86 bits per heavy atom. The van der Waals surface area contributed by atoms with Gasteiger partial charge in [-0.25, -0.2) is 13.1 Å². The molecular weight excluding hydrogens is 292 g/mol. The number of amides is 1. The molecule has 0 saturated carbocycles. The van der Waals surface area contributed by atoms with E-state index in [1.54, 1.807) is 12.1 Å². The molecule has 0 radical (unpaired) electrons. The van der Waals surface area contributed by atoms with Crippen LogP contribution in [0.15, 0.2) is 29.2 Å². The predicted molar refractivity (Wildman–Crippen MR) is 80.7 cm³/mol. The van der Waals surface area contributed by atoms with Gasteiger partial charge in [-0.3, -0.25) is 4.79 Å². The van der Waals surface area contributed by atoms with Crippen molar-refractivity contribution in [3.05, 3.63) is 24.3 Å². The Hall–Kier alpha value is -1.60. The van der Waals surface area contributed by atoms with Crippen molar-refractivity contribution in [2.24, 2.45) is 0 Å². The molecular formula is C14H22N2O4S. The zero-order chi connectivity index (χ0) is 15.9. The van der Waals surface area contributed by atoms with Crippen molar-refractivity contribution in [2.45, 2.75) is 38.1 Å². The lowest BCUT2D eigenvalue weighted by molar-refractivity contribution is -0.120. The summed E-state index contributed by atoms with van der Waals surface area (Å²) < 4.78 is 31.6. The summed E-state index contributed by atoms with van der Waals surface area (Å²) in [5, 5.41) is 2.69. The molecule has 0 spiro atoms. The predicted octanol–water partition coefficient (Wildman–Crippen LogP) is 1.28. The molecule has 0 saturated heterocycles. The fourth-order valence-electron chi connectivity index (χ4n) is 1.55. The van der Waals surface area contributed by atoms with Gasteiger partial charge in [0.2, 0.25) is 15.9 Å². The van der Waals surface area contributed by atoms with Crippen LogP contribution in [0.1, 0.15) is 27.2 Å². The maximum atomic E-state index is 12.0. The second-order valence-corrected chi connectivity index (χ2v) is 6.37. The van der Waals surface area contributed by atoms with Gasteiger partial charge in [-0.2, -0.15) is 0 Å². The SMILES string of the molecule is CCOc1ccc(S(=O)(=O)NCC(=O)NC(C)CC)cc1. The summed E-state index contributed by atoms with van der Waals surface area (Å²) in [5.41, 5.74) is 0. The van der Waals surface area contributed by atoms with Crippen molar-refractivity contribution < 1.29 is 17.9 Å². The Balaban J connectivity index is 2.62. The lowest BCUT2D eigenvalue weighted by Gasteiger charge is -2.12. The summed E-state index contributed by atoms with van der Waals surface area (Å²) in [4.78, 5) is 11.7. The first kappa shape index (κ1) is 17.5.